The predicted molar refractivity (Wildman–Crippen MR) is 109 cm³/mol. The fraction of sp³-hybridized carbons (Fsp3) is 0.286. The molecular weight excluding hydrogens is 386 g/mol. The molecule has 2 aromatic heterocycles. The minimum Gasteiger partial charge on any atom is -0.465 e. The molecule has 4 rings (SSSR count). The molecule has 0 fully saturated rings. The summed E-state index contributed by atoms with van der Waals surface area (Å²) in [6.07, 6.45) is 5.74. The van der Waals surface area contributed by atoms with Crippen molar-refractivity contribution >= 4 is 17.5 Å². The number of ether oxygens (including phenoxy) is 1. The lowest BCUT2D eigenvalue weighted by atomic mass is 9.93. The summed E-state index contributed by atoms with van der Waals surface area (Å²) < 4.78 is 6.61. The van der Waals surface area contributed by atoms with Gasteiger partial charge in [-0.25, -0.2) is 9.78 Å². The maximum Gasteiger partial charge on any atom is 0.339 e. The summed E-state index contributed by atoms with van der Waals surface area (Å²) in [5.41, 5.74) is 3.08. The number of hydrogen-bond acceptors (Lipinski definition) is 7. The molecule has 0 spiro atoms. The first-order valence-electron chi connectivity index (χ1n) is 9.64. The van der Waals surface area contributed by atoms with Crippen molar-refractivity contribution in [1.29, 1.82) is 0 Å². The van der Waals surface area contributed by atoms with Gasteiger partial charge in [-0.05, 0) is 24.8 Å². The summed E-state index contributed by atoms with van der Waals surface area (Å²) in [5, 5.41) is 19.3. The molecule has 154 valence electrons. The molecule has 0 bridgehead atoms. The number of nitrogens with zero attached hydrogens (tertiary/aromatic N) is 4. The van der Waals surface area contributed by atoms with E-state index in [1.54, 1.807) is 0 Å². The molecule has 2 heterocycles. The fourth-order valence-electron chi connectivity index (χ4n) is 3.76. The largest absolute Gasteiger partial charge is 0.465 e. The number of fused-ring (bicyclic) bond motifs is 1. The highest BCUT2D eigenvalue weighted by Crippen LogP contribution is 2.35. The van der Waals surface area contributed by atoms with Crippen molar-refractivity contribution in [2.45, 2.75) is 31.8 Å². The number of methoxy groups -OCH3 is 1. The van der Waals surface area contributed by atoms with Crippen LogP contribution in [-0.2, 0) is 17.7 Å². The average molecular weight is 407 g/mol. The van der Waals surface area contributed by atoms with Gasteiger partial charge >= 0.3 is 11.7 Å². The first-order valence-corrected chi connectivity index (χ1v) is 9.64. The summed E-state index contributed by atoms with van der Waals surface area (Å²) in [5.74, 6) is -0.541. The van der Waals surface area contributed by atoms with Gasteiger partial charge in [-0.2, -0.15) is 5.10 Å². The number of nitrogens with one attached hydrogen (secondary N) is 1. The highest BCUT2D eigenvalue weighted by atomic mass is 16.6. The molecule has 1 aromatic carbocycles. The number of rotatable bonds is 6. The Bertz CT molecular complexity index is 1080. The molecule has 9 heteroatoms. The van der Waals surface area contributed by atoms with Gasteiger partial charge in [0.15, 0.2) is 0 Å². The van der Waals surface area contributed by atoms with E-state index >= 15 is 0 Å². The monoisotopic (exact) mass is 407 g/mol. The first kappa shape index (κ1) is 19.6. The maximum atomic E-state index is 11.7. The molecule has 1 unspecified atom stereocenters. The summed E-state index contributed by atoms with van der Waals surface area (Å²) >= 11 is 0. The van der Waals surface area contributed by atoms with Gasteiger partial charge in [-0.3, -0.25) is 14.8 Å². The Morgan fingerprint density at radius 2 is 2.13 bits per heavy atom. The van der Waals surface area contributed by atoms with Crippen LogP contribution in [0.2, 0.25) is 0 Å². The summed E-state index contributed by atoms with van der Waals surface area (Å²) in [4.78, 5) is 26.8. The number of carbonyl (C=O) groups excluding carboxylic acids is 1. The molecular formula is C21H21N5O4. The zero-order valence-electron chi connectivity index (χ0n) is 16.4. The molecule has 9 nitrogen and oxygen atoms in total. The van der Waals surface area contributed by atoms with Crippen molar-refractivity contribution < 1.29 is 14.5 Å². The molecule has 3 aromatic rings. The smallest absolute Gasteiger partial charge is 0.339 e. The van der Waals surface area contributed by atoms with Gasteiger partial charge in [0.05, 0.1) is 36.4 Å². The number of nitro groups is 1. The van der Waals surface area contributed by atoms with Crippen LogP contribution in [0.3, 0.4) is 0 Å². The molecule has 0 saturated heterocycles. The minimum atomic E-state index is -0.667. The van der Waals surface area contributed by atoms with Crippen LogP contribution in [0.15, 0.2) is 48.8 Å². The Hall–Kier alpha value is -3.75. The summed E-state index contributed by atoms with van der Waals surface area (Å²) in [6.45, 7) is 0.676. The Morgan fingerprint density at radius 1 is 1.33 bits per heavy atom. The van der Waals surface area contributed by atoms with E-state index in [0.717, 1.165) is 36.1 Å². The highest BCUT2D eigenvalue weighted by molar-refractivity contribution is 5.90. The second-order valence-electron chi connectivity index (χ2n) is 7.12. The van der Waals surface area contributed by atoms with Gasteiger partial charge in [0, 0.05) is 23.5 Å². The van der Waals surface area contributed by atoms with Crippen LogP contribution in [0, 0.1) is 10.1 Å². The second kappa shape index (κ2) is 8.32. The summed E-state index contributed by atoms with van der Waals surface area (Å²) in [6, 6.07) is 11.1. The van der Waals surface area contributed by atoms with E-state index in [1.165, 1.54) is 19.4 Å². The first-order chi connectivity index (χ1) is 14.6. The molecule has 1 N–H and O–H groups in total. The molecule has 1 aliphatic rings. The zero-order chi connectivity index (χ0) is 21.1. The van der Waals surface area contributed by atoms with E-state index in [-0.39, 0.29) is 23.1 Å². The maximum absolute atomic E-state index is 11.7. The average Bonchev–Trinajstić information content (AvgIpc) is 3.18. The Kier molecular flexibility index (Phi) is 5.42. The number of anilines is 1. The van der Waals surface area contributed by atoms with Crippen LogP contribution in [0.1, 0.15) is 46.1 Å². The molecule has 0 radical (unpaired) electrons. The van der Waals surface area contributed by atoms with Crippen molar-refractivity contribution in [3.63, 3.8) is 0 Å². The number of esters is 1. The molecule has 0 aliphatic heterocycles. The zero-order valence-corrected chi connectivity index (χ0v) is 16.4. The van der Waals surface area contributed by atoms with Gasteiger partial charge in [0.25, 0.3) is 0 Å². The van der Waals surface area contributed by atoms with E-state index < -0.39 is 10.9 Å². The Balaban J connectivity index is 1.60. The normalized spacial score (nSPS) is 15.3. The van der Waals surface area contributed by atoms with Gasteiger partial charge in [0.1, 0.15) is 0 Å². The third-order valence-corrected chi connectivity index (χ3v) is 5.23. The Morgan fingerprint density at radius 3 is 2.87 bits per heavy atom. The predicted octanol–water partition coefficient (Wildman–Crippen LogP) is 3.51. The lowest BCUT2D eigenvalue weighted by Crippen LogP contribution is -2.20. The molecule has 1 aliphatic carbocycles. The van der Waals surface area contributed by atoms with Crippen molar-refractivity contribution in [3.05, 3.63) is 81.3 Å². The van der Waals surface area contributed by atoms with Crippen LogP contribution < -0.4 is 5.32 Å². The number of pyridine rings is 1. The third kappa shape index (κ3) is 3.86. The highest BCUT2D eigenvalue weighted by Gasteiger charge is 2.28. The Labute approximate surface area is 172 Å². The molecule has 1 atom stereocenters. The van der Waals surface area contributed by atoms with Gasteiger partial charge < -0.3 is 10.1 Å². The van der Waals surface area contributed by atoms with Crippen LogP contribution in [0.4, 0.5) is 11.5 Å². The van der Waals surface area contributed by atoms with Gasteiger partial charge in [0.2, 0.25) is 5.82 Å². The minimum absolute atomic E-state index is 0.0368. The number of benzene rings is 1. The fourth-order valence-corrected chi connectivity index (χ4v) is 3.76. The SMILES string of the molecule is COC(=O)c1cnc(NC2CCCc3c2cnn3Cc2ccccc2)c([N+](=O)[O-])c1. The van der Waals surface area contributed by atoms with Crippen LogP contribution >= 0.6 is 0 Å². The topological polar surface area (TPSA) is 112 Å². The molecule has 0 saturated carbocycles. The number of aromatic nitrogens is 3. The van der Waals surface area contributed by atoms with Crippen molar-refractivity contribution in [1.82, 2.24) is 14.8 Å². The van der Waals surface area contributed by atoms with Crippen LogP contribution in [-0.4, -0.2) is 32.8 Å². The van der Waals surface area contributed by atoms with Crippen molar-refractivity contribution in [3.8, 4) is 0 Å². The number of hydrogen-bond donors (Lipinski definition) is 1. The van der Waals surface area contributed by atoms with Crippen molar-refractivity contribution in [2.75, 3.05) is 12.4 Å². The van der Waals surface area contributed by atoms with E-state index in [1.807, 2.05) is 29.1 Å². The number of carbonyl (C=O) groups is 1. The van der Waals surface area contributed by atoms with E-state index in [0.29, 0.717) is 6.54 Å². The molecule has 0 amide bonds. The van der Waals surface area contributed by atoms with Crippen LogP contribution in [0.5, 0.6) is 0 Å². The van der Waals surface area contributed by atoms with E-state index in [2.05, 4.69) is 32.3 Å². The van der Waals surface area contributed by atoms with Gasteiger partial charge in [-0.15, -0.1) is 0 Å². The standard InChI is InChI=1S/C21H21N5O4/c1-30-21(27)15-10-19(26(28)29)20(22-11-15)24-17-8-5-9-18-16(17)12-23-25(18)13-14-6-3-2-4-7-14/h2-4,6-7,10-12,17H,5,8-9,13H2,1H3,(H,22,24). The summed E-state index contributed by atoms with van der Waals surface area (Å²) in [7, 11) is 1.22. The van der Waals surface area contributed by atoms with E-state index in [4.69, 9.17) is 0 Å². The van der Waals surface area contributed by atoms with Crippen molar-refractivity contribution in [2.24, 2.45) is 0 Å². The lowest BCUT2D eigenvalue weighted by molar-refractivity contribution is -0.384. The molecule has 30 heavy (non-hydrogen) atoms. The second-order valence-corrected chi connectivity index (χ2v) is 7.12. The lowest BCUT2D eigenvalue weighted by Gasteiger charge is -2.24. The van der Waals surface area contributed by atoms with Gasteiger partial charge in [-0.1, -0.05) is 30.3 Å². The third-order valence-electron chi connectivity index (χ3n) is 5.23. The van der Waals surface area contributed by atoms with Crippen LogP contribution in [0.25, 0.3) is 0 Å². The quantitative estimate of drug-likeness (QED) is 0.378. The van der Waals surface area contributed by atoms with E-state index in [9.17, 15) is 14.9 Å².